The fourth-order valence-electron chi connectivity index (χ4n) is 2.14. The molecule has 0 amide bonds. The fraction of sp³-hybridized carbons (Fsp3) is 0.267. The van der Waals surface area contributed by atoms with Crippen LogP contribution in [0.15, 0.2) is 36.4 Å². The number of fused-ring (bicyclic) bond motifs is 1. The quantitative estimate of drug-likeness (QED) is 0.871. The standard InChI is InChI=1S/C15H16ClNO2/c1-19-15(18)9-8-14(17)12-6-7-13(16)11-5-3-2-4-10(11)12/h2-7,14H,8-9,17H2,1H3. The van der Waals surface area contributed by atoms with Crippen molar-refractivity contribution in [1.82, 2.24) is 0 Å². The smallest absolute Gasteiger partial charge is 0.305 e. The Morgan fingerprint density at radius 1 is 1.26 bits per heavy atom. The topological polar surface area (TPSA) is 52.3 Å². The van der Waals surface area contributed by atoms with Crippen LogP contribution in [0, 0.1) is 0 Å². The van der Waals surface area contributed by atoms with Crippen LogP contribution < -0.4 is 5.73 Å². The zero-order valence-electron chi connectivity index (χ0n) is 10.7. The molecule has 2 N–H and O–H groups in total. The minimum Gasteiger partial charge on any atom is -0.469 e. The molecule has 2 rings (SSSR count). The lowest BCUT2D eigenvalue weighted by molar-refractivity contribution is -0.140. The molecule has 1 unspecified atom stereocenters. The van der Waals surface area contributed by atoms with Crippen molar-refractivity contribution < 1.29 is 9.53 Å². The molecule has 0 aliphatic rings. The van der Waals surface area contributed by atoms with E-state index in [1.165, 1.54) is 7.11 Å². The Morgan fingerprint density at radius 3 is 2.63 bits per heavy atom. The molecule has 0 aromatic heterocycles. The first-order chi connectivity index (χ1) is 9.13. The van der Waals surface area contributed by atoms with Crippen molar-refractivity contribution in [2.45, 2.75) is 18.9 Å². The van der Waals surface area contributed by atoms with Crippen molar-refractivity contribution in [2.75, 3.05) is 7.11 Å². The van der Waals surface area contributed by atoms with Gasteiger partial charge in [0.25, 0.3) is 0 Å². The average molecular weight is 278 g/mol. The van der Waals surface area contributed by atoms with E-state index < -0.39 is 0 Å². The maximum Gasteiger partial charge on any atom is 0.305 e. The lowest BCUT2D eigenvalue weighted by Gasteiger charge is -2.15. The van der Waals surface area contributed by atoms with Crippen LogP contribution in [0.5, 0.6) is 0 Å². The molecule has 2 aromatic carbocycles. The molecule has 1 atom stereocenters. The number of methoxy groups -OCH3 is 1. The molecule has 0 saturated carbocycles. The van der Waals surface area contributed by atoms with Crippen molar-refractivity contribution in [3.05, 3.63) is 47.0 Å². The van der Waals surface area contributed by atoms with Crippen molar-refractivity contribution in [2.24, 2.45) is 5.73 Å². The maximum absolute atomic E-state index is 11.2. The Kier molecular flexibility index (Phi) is 4.40. The molecule has 0 aliphatic heterocycles. The van der Waals surface area contributed by atoms with E-state index >= 15 is 0 Å². The molecule has 0 spiro atoms. The van der Waals surface area contributed by atoms with Crippen LogP contribution in [-0.2, 0) is 9.53 Å². The highest BCUT2D eigenvalue weighted by Gasteiger charge is 2.13. The lowest BCUT2D eigenvalue weighted by Crippen LogP contribution is -2.13. The van der Waals surface area contributed by atoms with Gasteiger partial charge >= 0.3 is 5.97 Å². The van der Waals surface area contributed by atoms with Gasteiger partial charge in [0.05, 0.1) is 7.11 Å². The van der Waals surface area contributed by atoms with E-state index in [4.69, 9.17) is 17.3 Å². The summed E-state index contributed by atoms with van der Waals surface area (Å²) < 4.78 is 4.63. The fourth-order valence-corrected chi connectivity index (χ4v) is 2.37. The molecule has 2 aromatic rings. The van der Waals surface area contributed by atoms with Crippen LogP contribution in [0.3, 0.4) is 0 Å². The summed E-state index contributed by atoms with van der Waals surface area (Å²) in [7, 11) is 1.38. The summed E-state index contributed by atoms with van der Waals surface area (Å²) in [6.45, 7) is 0. The molecule has 100 valence electrons. The highest BCUT2D eigenvalue weighted by Crippen LogP contribution is 2.30. The number of halogens is 1. The number of hydrogen-bond acceptors (Lipinski definition) is 3. The van der Waals surface area contributed by atoms with Crippen LogP contribution in [0.4, 0.5) is 0 Å². The monoisotopic (exact) mass is 277 g/mol. The van der Waals surface area contributed by atoms with Gasteiger partial charge in [-0.15, -0.1) is 0 Å². The van der Waals surface area contributed by atoms with Crippen LogP contribution >= 0.6 is 11.6 Å². The highest BCUT2D eigenvalue weighted by atomic mass is 35.5. The van der Waals surface area contributed by atoms with E-state index in [1.54, 1.807) is 0 Å². The Labute approximate surface area is 117 Å². The molecule has 0 radical (unpaired) electrons. The third-order valence-electron chi connectivity index (χ3n) is 3.19. The Morgan fingerprint density at radius 2 is 1.95 bits per heavy atom. The minimum atomic E-state index is -0.242. The van der Waals surface area contributed by atoms with E-state index in [9.17, 15) is 4.79 Å². The van der Waals surface area contributed by atoms with Crippen molar-refractivity contribution >= 4 is 28.3 Å². The summed E-state index contributed by atoms with van der Waals surface area (Å²) >= 11 is 6.17. The van der Waals surface area contributed by atoms with Crippen LogP contribution in [-0.4, -0.2) is 13.1 Å². The second-order valence-electron chi connectivity index (χ2n) is 4.40. The van der Waals surface area contributed by atoms with Gasteiger partial charge in [-0.2, -0.15) is 0 Å². The molecule has 19 heavy (non-hydrogen) atoms. The number of esters is 1. The highest BCUT2D eigenvalue weighted by molar-refractivity contribution is 6.35. The number of nitrogens with two attached hydrogens (primary N) is 1. The van der Waals surface area contributed by atoms with Gasteiger partial charge in [-0.05, 0) is 23.4 Å². The van der Waals surface area contributed by atoms with Gasteiger partial charge < -0.3 is 10.5 Å². The van der Waals surface area contributed by atoms with Gasteiger partial charge in [0.1, 0.15) is 0 Å². The molecule has 0 bridgehead atoms. The second kappa shape index (κ2) is 6.04. The summed E-state index contributed by atoms with van der Waals surface area (Å²) in [4.78, 5) is 11.2. The SMILES string of the molecule is COC(=O)CCC(N)c1ccc(Cl)c2ccccc12. The zero-order chi connectivity index (χ0) is 13.8. The Hall–Kier alpha value is -1.58. The molecule has 4 heteroatoms. The van der Waals surface area contributed by atoms with Gasteiger partial charge in [0, 0.05) is 22.9 Å². The molecule has 3 nitrogen and oxygen atoms in total. The third-order valence-corrected chi connectivity index (χ3v) is 3.52. The summed E-state index contributed by atoms with van der Waals surface area (Å²) in [6.07, 6.45) is 0.868. The van der Waals surface area contributed by atoms with Crippen molar-refractivity contribution in [3.8, 4) is 0 Å². The van der Waals surface area contributed by atoms with E-state index in [0.717, 1.165) is 16.3 Å². The van der Waals surface area contributed by atoms with Gasteiger partial charge in [0.15, 0.2) is 0 Å². The molecule has 0 heterocycles. The van der Waals surface area contributed by atoms with Crippen molar-refractivity contribution in [3.63, 3.8) is 0 Å². The number of carbonyl (C=O) groups excluding carboxylic acids is 1. The van der Waals surface area contributed by atoms with E-state index in [0.29, 0.717) is 17.9 Å². The molecule has 0 aliphatic carbocycles. The third kappa shape index (κ3) is 3.06. The number of ether oxygens (including phenoxy) is 1. The van der Waals surface area contributed by atoms with E-state index in [-0.39, 0.29) is 12.0 Å². The van der Waals surface area contributed by atoms with Crippen molar-refractivity contribution in [1.29, 1.82) is 0 Å². The predicted octanol–water partition coefficient (Wildman–Crippen LogP) is 3.45. The summed E-state index contributed by atoms with van der Waals surface area (Å²) in [5.74, 6) is -0.242. The molecule has 0 fully saturated rings. The molecule has 0 saturated heterocycles. The van der Waals surface area contributed by atoms with Crippen LogP contribution in [0.1, 0.15) is 24.4 Å². The van der Waals surface area contributed by atoms with Gasteiger partial charge in [0.2, 0.25) is 0 Å². The van der Waals surface area contributed by atoms with E-state index in [1.807, 2.05) is 36.4 Å². The first-order valence-corrected chi connectivity index (χ1v) is 6.51. The first kappa shape index (κ1) is 13.8. The summed E-state index contributed by atoms with van der Waals surface area (Å²) in [5.41, 5.74) is 7.17. The number of carbonyl (C=O) groups is 1. The largest absolute Gasteiger partial charge is 0.469 e. The number of hydrogen-bond donors (Lipinski definition) is 1. The minimum absolute atomic E-state index is 0.207. The molecular formula is C15H16ClNO2. The van der Waals surface area contributed by atoms with Gasteiger partial charge in [-0.1, -0.05) is 41.9 Å². The molecular weight excluding hydrogens is 262 g/mol. The second-order valence-corrected chi connectivity index (χ2v) is 4.81. The summed E-state index contributed by atoms with van der Waals surface area (Å²) in [6, 6.07) is 11.4. The first-order valence-electron chi connectivity index (χ1n) is 6.13. The number of rotatable bonds is 4. The van der Waals surface area contributed by atoms with Crippen LogP contribution in [0.2, 0.25) is 5.02 Å². The zero-order valence-corrected chi connectivity index (χ0v) is 11.5. The average Bonchev–Trinajstić information content (AvgIpc) is 2.45. The lowest BCUT2D eigenvalue weighted by atomic mass is 9.96. The predicted molar refractivity (Wildman–Crippen MR) is 77.1 cm³/mol. The number of benzene rings is 2. The van der Waals surface area contributed by atoms with Gasteiger partial charge in [-0.3, -0.25) is 4.79 Å². The summed E-state index contributed by atoms with van der Waals surface area (Å²) in [5, 5.41) is 2.72. The van der Waals surface area contributed by atoms with Crippen LogP contribution in [0.25, 0.3) is 10.8 Å². The Balaban J connectivity index is 2.29. The van der Waals surface area contributed by atoms with Gasteiger partial charge in [-0.25, -0.2) is 0 Å². The maximum atomic E-state index is 11.2. The Bertz CT molecular complexity index is 598. The normalized spacial score (nSPS) is 12.4. The van der Waals surface area contributed by atoms with E-state index in [2.05, 4.69) is 4.74 Å².